The van der Waals surface area contributed by atoms with Crippen LogP contribution in [0.15, 0.2) is 52.2 Å². The van der Waals surface area contributed by atoms with Crippen LogP contribution in [0.3, 0.4) is 0 Å². The first-order valence-electron chi connectivity index (χ1n) is 9.00. The summed E-state index contributed by atoms with van der Waals surface area (Å²) in [5.74, 6) is 2.32. The zero-order chi connectivity index (χ0) is 19.7. The van der Waals surface area contributed by atoms with E-state index >= 15 is 0 Å². The second-order valence-electron chi connectivity index (χ2n) is 6.33. The third kappa shape index (κ3) is 3.36. The van der Waals surface area contributed by atoms with Crippen molar-refractivity contribution in [1.82, 2.24) is 24.5 Å². The van der Waals surface area contributed by atoms with Gasteiger partial charge in [-0.1, -0.05) is 41.6 Å². The van der Waals surface area contributed by atoms with E-state index in [-0.39, 0.29) is 0 Å². The highest BCUT2D eigenvalue weighted by atomic mass is 35.5. The number of furan rings is 1. The smallest absolute Gasteiger partial charge is 0.191 e. The Morgan fingerprint density at radius 2 is 1.89 bits per heavy atom. The van der Waals surface area contributed by atoms with Gasteiger partial charge in [-0.05, 0) is 39.0 Å². The molecule has 6 nitrogen and oxygen atoms in total. The summed E-state index contributed by atoms with van der Waals surface area (Å²) >= 11 is 8.25. The molecule has 28 heavy (non-hydrogen) atoms. The maximum absolute atomic E-state index is 6.64. The van der Waals surface area contributed by atoms with E-state index in [1.54, 1.807) is 22.7 Å². The van der Waals surface area contributed by atoms with Gasteiger partial charge in [-0.2, -0.15) is 5.10 Å². The van der Waals surface area contributed by atoms with Gasteiger partial charge in [-0.25, -0.2) is 4.68 Å². The lowest BCUT2D eigenvalue weighted by molar-refractivity contribution is 0.534. The molecule has 0 aliphatic rings. The van der Waals surface area contributed by atoms with Gasteiger partial charge < -0.3 is 8.98 Å². The van der Waals surface area contributed by atoms with Gasteiger partial charge in [-0.15, -0.1) is 10.2 Å². The van der Waals surface area contributed by atoms with Gasteiger partial charge in [0.25, 0.3) is 0 Å². The first-order chi connectivity index (χ1) is 13.6. The minimum atomic E-state index is 0.629. The third-order valence-electron chi connectivity index (χ3n) is 4.60. The summed E-state index contributed by atoms with van der Waals surface area (Å²) in [6, 6.07) is 11.8. The minimum Gasteiger partial charge on any atom is -0.469 e. The molecule has 0 radical (unpaired) electrons. The van der Waals surface area contributed by atoms with Crippen LogP contribution in [0.5, 0.6) is 0 Å². The largest absolute Gasteiger partial charge is 0.469 e. The predicted octanol–water partition coefficient (Wildman–Crippen LogP) is 5.31. The molecule has 1 aromatic carbocycles. The lowest BCUT2D eigenvalue weighted by Gasteiger charge is -2.07. The SMILES string of the molecule is CCn1c(SCc2c(C)nn(-c3ccccc3)c2Cl)nnc1-c1ccoc1C. The van der Waals surface area contributed by atoms with Crippen LogP contribution in [0.1, 0.15) is 23.9 Å². The molecule has 0 N–H and O–H groups in total. The van der Waals surface area contributed by atoms with Crippen molar-refractivity contribution in [3.63, 3.8) is 0 Å². The van der Waals surface area contributed by atoms with Crippen LogP contribution in [0.2, 0.25) is 5.15 Å². The highest BCUT2D eigenvalue weighted by Gasteiger charge is 2.19. The van der Waals surface area contributed by atoms with Crippen LogP contribution in [0.25, 0.3) is 17.1 Å². The summed E-state index contributed by atoms with van der Waals surface area (Å²) in [5.41, 5.74) is 3.82. The number of aromatic nitrogens is 5. The first kappa shape index (κ1) is 18.8. The van der Waals surface area contributed by atoms with E-state index in [1.165, 1.54) is 0 Å². The lowest BCUT2D eigenvalue weighted by Crippen LogP contribution is -2.00. The molecular weight excluding hydrogens is 394 g/mol. The Morgan fingerprint density at radius 3 is 2.57 bits per heavy atom. The number of rotatable bonds is 6. The van der Waals surface area contributed by atoms with Crippen molar-refractivity contribution >= 4 is 23.4 Å². The van der Waals surface area contributed by atoms with Crippen molar-refractivity contribution in [2.45, 2.75) is 38.2 Å². The Bertz CT molecular complexity index is 1100. The molecule has 0 spiro atoms. The van der Waals surface area contributed by atoms with E-state index in [4.69, 9.17) is 16.0 Å². The molecule has 0 aliphatic carbocycles. The van der Waals surface area contributed by atoms with E-state index in [0.717, 1.165) is 45.8 Å². The van der Waals surface area contributed by atoms with Crippen LogP contribution in [-0.2, 0) is 12.3 Å². The standard InChI is InChI=1S/C20H20ClN5OS/c1-4-25-19(16-10-11-27-14(16)3)22-23-20(25)28-12-17-13(2)24-26(18(17)21)15-8-6-5-7-9-15/h5-11H,4,12H2,1-3H3. The maximum atomic E-state index is 6.64. The molecule has 0 unspecified atom stereocenters. The molecule has 4 rings (SSSR count). The molecule has 8 heteroatoms. The van der Waals surface area contributed by atoms with E-state index in [0.29, 0.717) is 10.9 Å². The first-order valence-corrected chi connectivity index (χ1v) is 10.4. The summed E-state index contributed by atoms with van der Waals surface area (Å²) in [5, 5.41) is 14.9. The fraction of sp³-hybridized carbons (Fsp3) is 0.250. The molecule has 0 atom stereocenters. The fourth-order valence-corrected chi connectivity index (χ4v) is 4.58. The van der Waals surface area contributed by atoms with Crippen molar-refractivity contribution < 1.29 is 4.42 Å². The number of benzene rings is 1. The fourth-order valence-electron chi connectivity index (χ4n) is 3.07. The Kier molecular flexibility index (Phi) is 5.28. The lowest BCUT2D eigenvalue weighted by atomic mass is 10.2. The summed E-state index contributed by atoms with van der Waals surface area (Å²) in [7, 11) is 0. The summed E-state index contributed by atoms with van der Waals surface area (Å²) in [4.78, 5) is 0. The number of thioether (sulfide) groups is 1. The highest BCUT2D eigenvalue weighted by molar-refractivity contribution is 7.98. The van der Waals surface area contributed by atoms with Crippen molar-refractivity contribution in [3.8, 4) is 17.1 Å². The van der Waals surface area contributed by atoms with Gasteiger partial charge >= 0.3 is 0 Å². The van der Waals surface area contributed by atoms with Gasteiger partial charge in [0.05, 0.1) is 23.2 Å². The number of halogens is 1. The average Bonchev–Trinajstić information content (AvgIpc) is 3.38. The molecular formula is C20H20ClN5OS. The zero-order valence-corrected chi connectivity index (χ0v) is 17.5. The van der Waals surface area contributed by atoms with Crippen molar-refractivity contribution in [1.29, 1.82) is 0 Å². The molecule has 3 aromatic heterocycles. The zero-order valence-electron chi connectivity index (χ0n) is 15.9. The molecule has 0 saturated heterocycles. The number of aryl methyl sites for hydroxylation is 2. The monoisotopic (exact) mass is 413 g/mol. The molecule has 144 valence electrons. The molecule has 0 saturated carbocycles. The maximum Gasteiger partial charge on any atom is 0.191 e. The highest BCUT2D eigenvalue weighted by Crippen LogP contribution is 2.32. The van der Waals surface area contributed by atoms with Crippen LogP contribution in [-0.4, -0.2) is 24.5 Å². The average molecular weight is 414 g/mol. The van der Waals surface area contributed by atoms with Crippen LogP contribution < -0.4 is 0 Å². The number of hydrogen-bond acceptors (Lipinski definition) is 5. The third-order valence-corrected chi connectivity index (χ3v) is 5.98. The van der Waals surface area contributed by atoms with Crippen LogP contribution in [0.4, 0.5) is 0 Å². The second kappa shape index (κ2) is 7.85. The Balaban J connectivity index is 1.60. The van der Waals surface area contributed by atoms with Crippen LogP contribution >= 0.6 is 23.4 Å². The Labute approximate surface area is 172 Å². The predicted molar refractivity (Wildman–Crippen MR) is 111 cm³/mol. The molecule has 3 heterocycles. The van der Waals surface area contributed by atoms with Crippen molar-refractivity contribution in [3.05, 3.63) is 64.8 Å². The molecule has 0 fully saturated rings. The van der Waals surface area contributed by atoms with Gasteiger partial charge in [-0.3, -0.25) is 0 Å². The summed E-state index contributed by atoms with van der Waals surface area (Å²) in [6.45, 7) is 6.76. The van der Waals surface area contributed by atoms with Crippen molar-refractivity contribution in [2.75, 3.05) is 0 Å². The minimum absolute atomic E-state index is 0.629. The number of hydrogen-bond donors (Lipinski definition) is 0. The Morgan fingerprint density at radius 1 is 1.11 bits per heavy atom. The molecule has 0 bridgehead atoms. The molecule has 0 amide bonds. The van der Waals surface area contributed by atoms with Gasteiger partial charge in [0.1, 0.15) is 10.9 Å². The molecule has 0 aliphatic heterocycles. The van der Waals surface area contributed by atoms with Crippen molar-refractivity contribution in [2.24, 2.45) is 0 Å². The molecule has 4 aromatic rings. The second-order valence-corrected chi connectivity index (χ2v) is 7.63. The Hall–Kier alpha value is -2.51. The summed E-state index contributed by atoms with van der Waals surface area (Å²) < 4.78 is 9.28. The van der Waals surface area contributed by atoms with Gasteiger partial charge in [0, 0.05) is 17.9 Å². The number of nitrogens with zero attached hydrogens (tertiary/aromatic N) is 5. The van der Waals surface area contributed by atoms with E-state index in [2.05, 4.69) is 26.8 Å². The summed E-state index contributed by atoms with van der Waals surface area (Å²) in [6.07, 6.45) is 1.67. The van der Waals surface area contributed by atoms with E-state index in [1.807, 2.05) is 50.2 Å². The topological polar surface area (TPSA) is 61.7 Å². The van der Waals surface area contributed by atoms with Crippen LogP contribution in [0, 0.1) is 13.8 Å². The van der Waals surface area contributed by atoms with Gasteiger partial charge in [0.15, 0.2) is 11.0 Å². The normalized spacial score (nSPS) is 11.3. The van der Waals surface area contributed by atoms with E-state index < -0.39 is 0 Å². The van der Waals surface area contributed by atoms with E-state index in [9.17, 15) is 0 Å². The van der Waals surface area contributed by atoms with Gasteiger partial charge in [0.2, 0.25) is 0 Å². The quantitative estimate of drug-likeness (QED) is 0.401. The number of para-hydroxylation sites is 1.